The molecule has 1 aliphatic rings. The van der Waals surface area contributed by atoms with Gasteiger partial charge in [-0.2, -0.15) is 0 Å². The van der Waals surface area contributed by atoms with Crippen LogP contribution < -0.4 is 10.6 Å². The van der Waals surface area contributed by atoms with E-state index in [-0.39, 0.29) is 0 Å². The number of nitrogens with zero attached hydrogens (tertiary/aromatic N) is 2. The molecule has 3 nitrogen and oxygen atoms in total. The van der Waals surface area contributed by atoms with Gasteiger partial charge in [-0.3, -0.25) is 0 Å². The Balaban J connectivity index is 2.12. The van der Waals surface area contributed by atoms with E-state index in [2.05, 4.69) is 47.1 Å². The largest absolute Gasteiger partial charge is 0.352 e. The number of fused-ring (bicyclic) bond motifs is 1. The molecule has 0 amide bonds. The Morgan fingerprint density at radius 1 is 1.26 bits per heavy atom. The lowest BCUT2D eigenvalue weighted by Gasteiger charge is -2.28. The van der Waals surface area contributed by atoms with Gasteiger partial charge in [-0.15, -0.1) is 0 Å². The average molecular weight is 253 g/mol. The van der Waals surface area contributed by atoms with Crippen molar-refractivity contribution in [3.8, 4) is 0 Å². The summed E-state index contributed by atoms with van der Waals surface area (Å²) in [4.78, 5) is 7.01. The Labute approximate surface area is 113 Å². The molecule has 3 rings (SSSR count). The Bertz CT molecular complexity index is 631. The molecule has 0 fully saturated rings. The van der Waals surface area contributed by atoms with Crippen LogP contribution in [0.25, 0.3) is 10.8 Å². The van der Waals surface area contributed by atoms with Crippen molar-refractivity contribution in [1.82, 2.24) is 4.98 Å². The number of aromatic nitrogens is 1. The fourth-order valence-corrected chi connectivity index (χ4v) is 2.74. The normalized spacial score (nSPS) is 15.7. The molecule has 0 aliphatic carbocycles. The van der Waals surface area contributed by atoms with Gasteiger partial charge in [0.25, 0.3) is 0 Å². The molecule has 0 spiro atoms. The van der Waals surface area contributed by atoms with Crippen LogP contribution in [-0.4, -0.2) is 18.1 Å². The van der Waals surface area contributed by atoms with Crippen LogP contribution in [0.15, 0.2) is 42.1 Å². The van der Waals surface area contributed by atoms with Gasteiger partial charge in [-0.25, -0.2) is 4.98 Å². The zero-order chi connectivity index (χ0) is 13.2. The quantitative estimate of drug-likeness (QED) is 0.837. The first kappa shape index (κ1) is 12.2. The van der Waals surface area contributed by atoms with E-state index in [0.717, 1.165) is 30.9 Å². The summed E-state index contributed by atoms with van der Waals surface area (Å²) >= 11 is 0. The maximum Gasteiger partial charge on any atom is 0.136 e. The minimum atomic E-state index is 0.534. The summed E-state index contributed by atoms with van der Waals surface area (Å²) in [5.41, 5.74) is 8.33. The third kappa shape index (κ3) is 2.22. The van der Waals surface area contributed by atoms with Crippen LogP contribution in [0.3, 0.4) is 0 Å². The molecule has 2 aromatic rings. The second-order valence-electron chi connectivity index (χ2n) is 5.12. The van der Waals surface area contributed by atoms with Crippen molar-refractivity contribution in [2.75, 3.05) is 18.0 Å². The SMILES string of the molecule is CC1=CCCN(c2ncc(CN)c3ccccc23)C1. The zero-order valence-corrected chi connectivity index (χ0v) is 11.3. The lowest BCUT2D eigenvalue weighted by atomic mass is 10.1. The zero-order valence-electron chi connectivity index (χ0n) is 11.3. The molecule has 0 saturated heterocycles. The lowest BCUT2D eigenvalue weighted by Crippen LogP contribution is -2.30. The summed E-state index contributed by atoms with van der Waals surface area (Å²) in [6, 6.07) is 8.41. The van der Waals surface area contributed by atoms with Gasteiger partial charge in [-0.1, -0.05) is 35.9 Å². The third-order valence-corrected chi connectivity index (χ3v) is 3.71. The summed E-state index contributed by atoms with van der Waals surface area (Å²) in [6.07, 6.45) is 5.33. The highest BCUT2D eigenvalue weighted by Gasteiger charge is 2.15. The van der Waals surface area contributed by atoms with Gasteiger partial charge in [0.2, 0.25) is 0 Å². The molecule has 0 atom stereocenters. The van der Waals surface area contributed by atoms with E-state index in [1.807, 2.05) is 6.20 Å². The van der Waals surface area contributed by atoms with Crippen molar-refractivity contribution in [2.45, 2.75) is 19.9 Å². The van der Waals surface area contributed by atoms with Crippen LogP contribution in [0.1, 0.15) is 18.9 Å². The van der Waals surface area contributed by atoms with E-state index >= 15 is 0 Å². The van der Waals surface area contributed by atoms with Gasteiger partial charge in [-0.05, 0) is 24.3 Å². The van der Waals surface area contributed by atoms with Crippen LogP contribution in [-0.2, 0) is 6.54 Å². The molecule has 98 valence electrons. The van der Waals surface area contributed by atoms with E-state index < -0.39 is 0 Å². The number of benzene rings is 1. The highest BCUT2D eigenvalue weighted by Crippen LogP contribution is 2.28. The average Bonchev–Trinajstić information content (AvgIpc) is 2.46. The summed E-state index contributed by atoms with van der Waals surface area (Å²) in [5, 5.41) is 2.43. The van der Waals surface area contributed by atoms with Gasteiger partial charge in [0, 0.05) is 31.2 Å². The summed E-state index contributed by atoms with van der Waals surface area (Å²) < 4.78 is 0. The lowest BCUT2D eigenvalue weighted by molar-refractivity contribution is 0.781. The van der Waals surface area contributed by atoms with Gasteiger partial charge in [0.1, 0.15) is 5.82 Å². The molecule has 19 heavy (non-hydrogen) atoms. The van der Waals surface area contributed by atoms with Gasteiger partial charge >= 0.3 is 0 Å². The number of rotatable bonds is 2. The van der Waals surface area contributed by atoms with Crippen molar-refractivity contribution < 1.29 is 0 Å². The topological polar surface area (TPSA) is 42.2 Å². The van der Waals surface area contributed by atoms with E-state index in [0.29, 0.717) is 6.54 Å². The smallest absolute Gasteiger partial charge is 0.136 e. The highest BCUT2D eigenvalue weighted by molar-refractivity contribution is 5.94. The molecular formula is C16H19N3. The Hall–Kier alpha value is -1.87. The van der Waals surface area contributed by atoms with Crippen LogP contribution in [0.4, 0.5) is 5.82 Å². The van der Waals surface area contributed by atoms with E-state index in [4.69, 9.17) is 5.73 Å². The first-order valence-corrected chi connectivity index (χ1v) is 6.77. The van der Waals surface area contributed by atoms with Crippen molar-refractivity contribution in [1.29, 1.82) is 0 Å². The highest BCUT2D eigenvalue weighted by atomic mass is 15.2. The summed E-state index contributed by atoms with van der Waals surface area (Å²) in [6.45, 7) is 4.73. The Morgan fingerprint density at radius 3 is 2.79 bits per heavy atom. The molecule has 0 unspecified atom stereocenters. The second kappa shape index (κ2) is 5.02. The number of hydrogen-bond donors (Lipinski definition) is 1. The Morgan fingerprint density at radius 2 is 2.05 bits per heavy atom. The second-order valence-corrected chi connectivity index (χ2v) is 5.12. The number of nitrogens with two attached hydrogens (primary N) is 1. The standard InChI is InChI=1S/C16H19N3/c1-12-5-4-8-19(11-12)16-15-7-3-2-6-14(15)13(9-17)10-18-16/h2-3,5-7,10H,4,8-9,11,17H2,1H3. The Kier molecular flexibility index (Phi) is 3.22. The summed E-state index contributed by atoms with van der Waals surface area (Å²) in [7, 11) is 0. The number of anilines is 1. The van der Waals surface area contributed by atoms with Crippen LogP contribution in [0.2, 0.25) is 0 Å². The molecule has 3 heteroatoms. The fourth-order valence-electron chi connectivity index (χ4n) is 2.74. The predicted octanol–water partition coefficient (Wildman–Crippen LogP) is 2.85. The van der Waals surface area contributed by atoms with Gasteiger partial charge < -0.3 is 10.6 Å². The van der Waals surface area contributed by atoms with E-state index in [9.17, 15) is 0 Å². The van der Waals surface area contributed by atoms with Crippen molar-refractivity contribution in [2.24, 2.45) is 5.73 Å². The van der Waals surface area contributed by atoms with Gasteiger partial charge in [0.05, 0.1) is 0 Å². The third-order valence-electron chi connectivity index (χ3n) is 3.71. The van der Waals surface area contributed by atoms with E-state index in [1.165, 1.54) is 16.3 Å². The van der Waals surface area contributed by atoms with Gasteiger partial charge in [0.15, 0.2) is 0 Å². The molecule has 2 heterocycles. The van der Waals surface area contributed by atoms with E-state index in [1.54, 1.807) is 0 Å². The fraction of sp³-hybridized carbons (Fsp3) is 0.312. The van der Waals surface area contributed by atoms with Crippen LogP contribution >= 0.6 is 0 Å². The first-order chi connectivity index (χ1) is 9.29. The number of pyridine rings is 1. The summed E-state index contributed by atoms with van der Waals surface area (Å²) in [5.74, 6) is 1.08. The van der Waals surface area contributed by atoms with Crippen molar-refractivity contribution in [3.63, 3.8) is 0 Å². The maximum absolute atomic E-state index is 5.80. The van der Waals surface area contributed by atoms with Crippen molar-refractivity contribution >= 4 is 16.6 Å². The number of hydrogen-bond acceptors (Lipinski definition) is 3. The maximum atomic E-state index is 5.80. The van der Waals surface area contributed by atoms with Crippen LogP contribution in [0.5, 0.6) is 0 Å². The monoisotopic (exact) mass is 253 g/mol. The molecular weight excluding hydrogens is 234 g/mol. The molecule has 1 aromatic heterocycles. The van der Waals surface area contributed by atoms with Crippen LogP contribution in [0, 0.1) is 0 Å². The molecule has 1 aromatic carbocycles. The van der Waals surface area contributed by atoms with Crippen molar-refractivity contribution in [3.05, 3.63) is 47.7 Å². The molecule has 1 aliphatic heterocycles. The minimum absolute atomic E-state index is 0.534. The molecule has 2 N–H and O–H groups in total. The predicted molar refractivity (Wildman–Crippen MR) is 80.2 cm³/mol. The molecule has 0 radical (unpaired) electrons. The minimum Gasteiger partial charge on any atom is -0.352 e. The first-order valence-electron chi connectivity index (χ1n) is 6.77. The molecule has 0 bridgehead atoms. The molecule has 0 saturated carbocycles.